The fourth-order valence-corrected chi connectivity index (χ4v) is 2.35. The monoisotopic (exact) mass is 241 g/mol. The van der Waals surface area contributed by atoms with Gasteiger partial charge in [-0.2, -0.15) is 0 Å². The maximum Gasteiger partial charge on any atom is 0.0496 e. The summed E-state index contributed by atoms with van der Waals surface area (Å²) in [5.41, 5.74) is 0.0176. The summed E-state index contributed by atoms with van der Waals surface area (Å²) in [5.74, 6) is 0. The molecule has 2 unspecified atom stereocenters. The summed E-state index contributed by atoms with van der Waals surface area (Å²) in [4.78, 5) is 1.42. The van der Waals surface area contributed by atoms with Crippen molar-refractivity contribution in [1.82, 2.24) is 5.32 Å². The number of aliphatic hydroxyl groups excluding tert-OH is 1. The third-order valence-corrected chi connectivity index (χ3v) is 4.10. The molecule has 1 rings (SSSR count). The standard InChI is InChI=1S/C13H23NOS/c1-4-13(3,10-15)9-14-11(2)8-12-6-5-7-16-12/h5-7,11,14-15H,4,8-10H2,1-3H3. The van der Waals surface area contributed by atoms with E-state index in [4.69, 9.17) is 0 Å². The Morgan fingerprint density at radius 3 is 2.81 bits per heavy atom. The normalized spacial score (nSPS) is 17.0. The molecule has 0 aliphatic heterocycles. The Bertz CT molecular complexity index is 280. The third kappa shape index (κ3) is 4.24. The SMILES string of the molecule is CCC(C)(CO)CNC(C)Cc1cccs1. The van der Waals surface area contributed by atoms with Crippen molar-refractivity contribution in [3.8, 4) is 0 Å². The van der Waals surface area contributed by atoms with Gasteiger partial charge in [-0.15, -0.1) is 11.3 Å². The molecule has 2 N–H and O–H groups in total. The Morgan fingerprint density at radius 1 is 1.56 bits per heavy atom. The van der Waals surface area contributed by atoms with Crippen LogP contribution in [0.4, 0.5) is 0 Å². The molecule has 0 saturated heterocycles. The Labute approximate surface area is 103 Å². The van der Waals surface area contributed by atoms with Crippen molar-refractivity contribution in [2.45, 2.75) is 39.7 Å². The first-order valence-corrected chi connectivity index (χ1v) is 6.84. The van der Waals surface area contributed by atoms with Crippen molar-refractivity contribution >= 4 is 11.3 Å². The summed E-state index contributed by atoms with van der Waals surface area (Å²) in [6.07, 6.45) is 2.07. The Kier molecular flexibility index (Phi) is 5.46. The topological polar surface area (TPSA) is 32.3 Å². The third-order valence-electron chi connectivity index (χ3n) is 3.20. The van der Waals surface area contributed by atoms with Gasteiger partial charge in [-0.25, -0.2) is 0 Å². The minimum absolute atomic E-state index is 0.0176. The van der Waals surface area contributed by atoms with Gasteiger partial charge in [-0.3, -0.25) is 0 Å². The first kappa shape index (κ1) is 13.7. The minimum atomic E-state index is 0.0176. The van der Waals surface area contributed by atoms with Crippen molar-refractivity contribution < 1.29 is 5.11 Å². The van der Waals surface area contributed by atoms with Crippen molar-refractivity contribution in [2.24, 2.45) is 5.41 Å². The molecule has 16 heavy (non-hydrogen) atoms. The molecule has 2 nitrogen and oxygen atoms in total. The van der Waals surface area contributed by atoms with Gasteiger partial charge >= 0.3 is 0 Å². The average Bonchev–Trinajstić information content (AvgIpc) is 2.79. The van der Waals surface area contributed by atoms with Crippen LogP contribution in [0.2, 0.25) is 0 Å². The van der Waals surface area contributed by atoms with E-state index < -0.39 is 0 Å². The smallest absolute Gasteiger partial charge is 0.0496 e. The number of rotatable bonds is 7. The summed E-state index contributed by atoms with van der Waals surface area (Å²) < 4.78 is 0. The number of aliphatic hydroxyl groups is 1. The van der Waals surface area contributed by atoms with Crippen LogP contribution < -0.4 is 5.32 Å². The average molecular weight is 241 g/mol. The zero-order valence-electron chi connectivity index (χ0n) is 10.5. The van der Waals surface area contributed by atoms with Crippen molar-refractivity contribution in [2.75, 3.05) is 13.2 Å². The van der Waals surface area contributed by atoms with Crippen LogP contribution in [0.3, 0.4) is 0 Å². The van der Waals surface area contributed by atoms with Crippen molar-refractivity contribution in [3.63, 3.8) is 0 Å². The summed E-state index contributed by atoms with van der Waals surface area (Å²) in [7, 11) is 0. The lowest BCUT2D eigenvalue weighted by Crippen LogP contribution is -2.39. The highest BCUT2D eigenvalue weighted by Crippen LogP contribution is 2.19. The van der Waals surface area contributed by atoms with Gasteiger partial charge in [-0.05, 0) is 31.2 Å². The van der Waals surface area contributed by atoms with Gasteiger partial charge in [0.25, 0.3) is 0 Å². The van der Waals surface area contributed by atoms with Crippen LogP contribution in [-0.4, -0.2) is 24.3 Å². The van der Waals surface area contributed by atoms with Crippen LogP contribution in [0.25, 0.3) is 0 Å². The molecule has 0 bridgehead atoms. The highest BCUT2D eigenvalue weighted by Gasteiger charge is 2.21. The maximum absolute atomic E-state index is 9.32. The number of thiophene rings is 1. The zero-order valence-corrected chi connectivity index (χ0v) is 11.3. The summed E-state index contributed by atoms with van der Waals surface area (Å²) >= 11 is 1.81. The maximum atomic E-state index is 9.32. The molecule has 0 spiro atoms. The molecule has 0 amide bonds. The van der Waals surface area contributed by atoms with Crippen LogP contribution in [0, 0.1) is 5.41 Å². The fraction of sp³-hybridized carbons (Fsp3) is 0.692. The largest absolute Gasteiger partial charge is 0.396 e. The van der Waals surface area contributed by atoms with Gasteiger partial charge in [0.15, 0.2) is 0 Å². The van der Waals surface area contributed by atoms with Crippen LogP contribution in [0.15, 0.2) is 17.5 Å². The molecule has 1 aromatic heterocycles. The van der Waals surface area contributed by atoms with Crippen LogP contribution in [0.1, 0.15) is 32.1 Å². The molecular formula is C13H23NOS. The van der Waals surface area contributed by atoms with Crippen molar-refractivity contribution in [3.05, 3.63) is 22.4 Å². The first-order chi connectivity index (χ1) is 7.59. The molecule has 0 aliphatic rings. The van der Waals surface area contributed by atoms with Gasteiger partial charge in [0.1, 0.15) is 0 Å². The molecule has 0 fully saturated rings. The van der Waals surface area contributed by atoms with E-state index in [1.807, 2.05) is 0 Å². The Hall–Kier alpha value is -0.380. The van der Waals surface area contributed by atoms with E-state index >= 15 is 0 Å². The van der Waals surface area contributed by atoms with E-state index in [1.165, 1.54) is 4.88 Å². The fourth-order valence-electron chi connectivity index (χ4n) is 1.52. The van der Waals surface area contributed by atoms with Gasteiger partial charge in [-0.1, -0.05) is 19.9 Å². The lowest BCUT2D eigenvalue weighted by Gasteiger charge is -2.28. The molecule has 2 atom stereocenters. The van der Waals surface area contributed by atoms with E-state index in [2.05, 4.69) is 43.6 Å². The first-order valence-electron chi connectivity index (χ1n) is 5.96. The van der Waals surface area contributed by atoms with Gasteiger partial charge in [0.2, 0.25) is 0 Å². The molecule has 0 aliphatic carbocycles. The summed E-state index contributed by atoms with van der Waals surface area (Å²) in [5, 5.41) is 14.9. The predicted octanol–water partition coefficient (Wildman–Crippen LogP) is 2.68. The second-order valence-corrected chi connectivity index (χ2v) is 5.92. The molecule has 92 valence electrons. The van der Waals surface area contributed by atoms with Crippen molar-refractivity contribution in [1.29, 1.82) is 0 Å². The molecule has 3 heteroatoms. The second kappa shape index (κ2) is 6.38. The molecule has 0 aromatic carbocycles. The molecule has 1 heterocycles. The van der Waals surface area contributed by atoms with Gasteiger partial charge in [0.05, 0.1) is 0 Å². The highest BCUT2D eigenvalue weighted by atomic mass is 32.1. The van der Waals surface area contributed by atoms with Crippen LogP contribution >= 0.6 is 11.3 Å². The molecule has 1 aromatic rings. The van der Waals surface area contributed by atoms with E-state index in [0.29, 0.717) is 6.04 Å². The summed E-state index contributed by atoms with van der Waals surface area (Å²) in [6.45, 7) is 7.58. The van der Waals surface area contributed by atoms with Gasteiger partial charge < -0.3 is 10.4 Å². The van der Waals surface area contributed by atoms with E-state index in [0.717, 1.165) is 19.4 Å². The van der Waals surface area contributed by atoms with E-state index in [9.17, 15) is 5.11 Å². The number of hydrogen-bond acceptors (Lipinski definition) is 3. The van der Waals surface area contributed by atoms with Crippen LogP contribution in [0.5, 0.6) is 0 Å². The number of hydrogen-bond donors (Lipinski definition) is 2. The molecule has 0 radical (unpaired) electrons. The lowest BCUT2D eigenvalue weighted by molar-refractivity contribution is 0.132. The summed E-state index contributed by atoms with van der Waals surface area (Å²) in [6, 6.07) is 4.74. The van der Waals surface area contributed by atoms with E-state index in [1.54, 1.807) is 11.3 Å². The minimum Gasteiger partial charge on any atom is -0.396 e. The Morgan fingerprint density at radius 2 is 2.31 bits per heavy atom. The number of nitrogens with one attached hydrogen (secondary N) is 1. The van der Waals surface area contributed by atoms with Crippen LogP contribution in [-0.2, 0) is 6.42 Å². The lowest BCUT2D eigenvalue weighted by atomic mass is 9.88. The quantitative estimate of drug-likeness (QED) is 0.769. The predicted molar refractivity (Wildman–Crippen MR) is 71.0 cm³/mol. The van der Waals surface area contributed by atoms with Gasteiger partial charge in [0, 0.05) is 29.5 Å². The molecular weight excluding hydrogens is 218 g/mol. The highest BCUT2D eigenvalue weighted by molar-refractivity contribution is 7.09. The molecule has 0 saturated carbocycles. The van der Waals surface area contributed by atoms with E-state index in [-0.39, 0.29) is 12.0 Å². The Balaban J connectivity index is 2.32. The second-order valence-electron chi connectivity index (χ2n) is 4.89. The zero-order chi connectivity index (χ0) is 12.0.